The lowest BCUT2D eigenvalue weighted by atomic mass is 10.0. The average Bonchev–Trinajstić information content (AvgIpc) is 2.88. The predicted octanol–water partition coefficient (Wildman–Crippen LogP) is 2.06. The minimum Gasteiger partial charge on any atom is -0.354 e. The Bertz CT molecular complexity index is 798. The first-order valence-corrected chi connectivity index (χ1v) is 8.65. The molecule has 1 aliphatic heterocycles. The van der Waals surface area contributed by atoms with E-state index in [0.717, 1.165) is 10.6 Å². The third-order valence-electron chi connectivity index (χ3n) is 4.41. The topological polar surface area (TPSA) is 79.4 Å². The van der Waals surface area contributed by atoms with Crippen molar-refractivity contribution in [1.29, 1.82) is 0 Å². The highest BCUT2D eigenvalue weighted by Gasteiger charge is 2.43. The van der Waals surface area contributed by atoms with E-state index in [0.29, 0.717) is 24.1 Å². The van der Waals surface area contributed by atoms with Gasteiger partial charge in [-0.05, 0) is 30.2 Å². The summed E-state index contributed by atoms with van der Waals surface area (Å²) in [4.78, 5) is 43.4. The van der Waals surface area contributed by atoms with Gasteiger partial charge in [-0.2, -0.15) is 0 Å². The Morgan fingerprint density at radius 2 is 1.65 bits per heavy atom. The molecule has 1 unspecified atom stereocenters. The van der Waals surface area contributed by atoms with Crippen LogP contribution in [0.5, 0.6) is 0 Å². The Balaban J connectivity index is 1.72. The van der Waals surface area contributed by atoms with E-state index in [4.69, 9.17) is 0 Å². The smallest absolute Gasteiger partial charge is 0.262 e. The van der Waals surface area contributed by atoms with Crippen LogP contribution in [0.25, 0.3) is 0 Å². The van der Waals surface area contributed by atoms with Gasteiger partial charge in [0, 0.05) is 24.9 Å². The van der Waals surface area contributed by atoms with Crippen molar-refractivity contribution in [1.82, 2.24) is 15.2 Å². The highest BCUT2D eigenvalue weighted by atomic mass is 16.2. The standard InChI is InChI=1S/C20H21N3O3/c1-13(2)17(18(24)22-12-10-14-7-5-6-11-21-14)23-19(25)15-8-3-4-9-16(15)20(23)26/h3-9,11,13,17H,10,12H2,1-2H3,(H,22,24). The predicted molar refractivity (Wildman–Crippen MR) is 96.5 cm³/mol. The van der Waals surface area contributed by atoms with E-state index in [2.05, 4.69) is 10.3 Å². The number of nitrogens with zero attached hydrogens (tertiary/aromatic N) is 2. The molecular weight excluding hydrogens is 330 g/mol. The number of imide groups is 1. The van der Waals surface area contributed by atoms with E-state index in [1.807, 2.05) is 32.0 Å². The summed E-state index contributed by atoms with van der Waals surface area (Å²) in [5, 5.41) is 2.83. The average molecular weight is 351 g/mol. The molecule has 134 valence electrons. The molecule has 6 nitrogen and oxygen atoms in total. The maximum Gasteiger partial charge on any atom is 0.262 e. The van der Waals surface area contributed by atoms with Gasteiger partial charge >= 0.3 is 0 Å². The molecule has 0 spiro atoms. The third kappa shape index (κ3) is 3.35. The van der Waals surface area contributed by atoms with Gasteiger partial charge in [-0.25, -0.2) is 0 Å². The van der Waals surface area contributed by atoms with Gasteiger partial charge in [-0.15, -0.1) is 0 Å². The molecule has 3 rings (SSSR count). The van der Waals surface area contributed by atoms with Crippen LogP contribution in [-0.4, -0.2) is 40.2 Å². The molecule has 0 radical (unpaired) electrons. The number of amides is 3. The monoisotopic (exact) mass is 351 g/mol. The molecule has 3 amide bonds. The summed E-state index contributed by atoms with van der Waals surface area (Å²) in [5.41, 5.74) is 1.57. The molecule has 1 aromatic heterocycles. The first-order chi connectivity index (χ1) is 12.5. The van der Waals surface area contributed by atoms with Gasteiger partial charge < -0.3 is 5.32 Å². The quantitative estimate of drug-likeness (QED) is 0.808. The van der Waals surface area contributed by atoms with Crippen LogP contribution >= 0.6 is 0 Å². The van der Waals surface area contributed by atoms with Crippen LogP contribution in [0.3, 0.4) is 0 Å². The SMILES string of the molecule is CC(C)C(C(=O)NCCc1ccccn1)N1C(=O)c2ccccc2C1=O. The Morgan fingerprint density at radius 1 is 1.04 bits per heavy atom. The molecule has 26 heavy (non-hydrogen) atoms. The van der Waals surface area contributed by atoms with Gasteiger partial charge in [0.1, 0.15) is 6.04 Å². The summed E-state index contributed by atoms with van der Waals surface area (Å²) in [7, 11) is 0. The lowest BCUT2D eigenvalue weighted by Gasteiger charge is -2.28. The van der Waals surface area contributed by atoms with Crippen LogP contribution in [0.1, 0.15) is 40.3 Å². The van der Waals surface area contributed by atoms with Crippen LogP contribution in [0.15, 0.2) is 48.7 Å². The summed E-state index contributed by atoms with van der Waals surface area (Å²) in [5.74, 6) is -1.36. The van der Waals surface area contributed by atoms with E-state index >= 15 is 0 Å². The number of carbonyl (C=O) groups excluding carboxylic acids is 3. The Kier molecular flexibility index (Phi) is 5.11. The number of rotatable bonds is 6. The zero-order chi connectivity index (χ0) is 18.7. The maximum atomic E-state index is 12.7. The highest BCUT2D eigenvalue weighted by Crippen LogP contribution is 2.27. The van der Waals surface area contributed by atoms with E-state index in [9.17, 15) is 14.4 Å². The second kappa shape index (κ2) is 7.47. The summed E-state index contributed by atoms with van der Waals surface area (Å²) in [6.07, 6.45) is 2.28. The second-order valence-corrected chi connectivity index (χ2v) is 6.58. The fourth-order valence-electron chi connectivity index (χ4n) is 3.14. The van der Waals surface area contributed by atoms with Gasteiger partial charge in [0.15, 0.2) is 0 Å². The summed E-state index contributed by atoms with van der Waals surface area (Å²) >= 11 is 0. The first kappa shape index (κ1) is 17.8. The van der Waals surface area contributed by atoms with Crippen molar-refractivity contribution in [3.63, 3.8) is 0 Å². The molecule has 1 N–H and O–H groups in total. The molecule has 0 saturated heterocycles. The van der Waals surface area contributed by atoms with Crippen molar-refractivity contribution in [2.75, 3.05) is 6.54 Å². The summed E-state index contributed by atoms with van der Waals surface area (Å²) in [6, 6.07) is 11.4. The number of fused-ring (bicyclic) bond motifs is 1. The van der Waals surface area contributed by atoms with E-state index in [-0.39, 0.29) is 11.8 Å². The Labute approximate surface area is 152 Å². The fourth-order valence-corrected chi connectivity index (χ4v) is 3.14. The summed E-state index contributed by atoms with van der Waals surface area (Å²) in [6.45, 7) is 4.04. The minimum atomic E-state index is -0.842. The molecule has 1 atom stereocenters. The van der Waals surface area contributed by atoms with E-state index < -0.39 is 17.9 Å². The van der Waals surface area contributed by atoms with Gasteiger partial charge in [0.25, 0.3) is 11.8 Å². The molecular formula is C20H21N3O3. The minimum absolute atomic E-state index is 0.202. The molecule has 0 bridgehead atoms. The van der Waals surface area contributed by atoms with Crippen molar-refractivity contribution in [3.8, 4) is 0 Å². The molecule has 2 aromatic rings. The zero-order valence-electron chi connectivity index (χ0n) is 14.8. The van der Waals surface area contributed by atoms with E-state index in [1.165, 1.54) is 0 Å². The fraction of sp³-hybridized carbons (Fsp3) is 0.300. The number of pyridine rings is 1. The lowest BCUT2D eigenvalue weighted by molar-refractivity contribution is -0.126. The van der Waals surface area contributed by atoms with Crippen LogP contribution < -0.4 is 5.32 Å². The number of benzene rings is 1. The lowest BCUT2D eigenvalue weighted by Crippen LogP contribution is -2.52. The largest absolute Gasteiger partial charge is 0.354 e. The number of hydrogen-bond acceptors (Lipinski definition) is 4. The second-order valence-electron chi connectivity index (χ2n) is 6.58. The number of aromatic nitrogens is 1. The van der Waals surface area contributed by atoms with Crippen LogP contribution in [0, 0.1) is 5.92 Å². The maximum absolute atomic E-state index is 12.7. The first-order valence-electron chi connectivity index (χ1n) is 8.65. The van der Waals surface area contributed by atoms with Crippen LogP contribution in [0.2, 0.25) is 0 Å². The van der Waals surface area contributed by atoms with Crippen molar-refractivity contribution in [2.45, 2.75) is 26.3 Å². The van der Waals surface area contributed by atoms with Crippen LogP contribution in [0.4, 0.5) is 0 Å². The van der Waals surface area contributed by atoms with Gasteiger partial charge in [-0.1, -0.05) is 32.0 Å². The Morgan fingerprint density at radius 3 is 2.19 bits per heavy atom. The number of carbonyl (C=O) groups is 3. The van der Waals surface area contributed by atoms with E-state index in [1.54, 1.807) is 30.5 Å². The third-order valence-corrected chi connectivity index (χ3v) is 4.41. The molecule has 6 heteroatoms. The molecule has 2 heterocycles. The van der Waals surface area contributed by atoms with Gasteiger partial charge in [0.05, 0.1) is 11.1 Å². The molecule has 0 aliphatic carbocycles. The molecule has 1 aromatic carbocycles. The van der Waals surface area contributed by atoms with Gasteiger partial charge in [0.2, 0.25) is 5.91 Å². The van der Waals surface area contributed by atoms with Crippen molar-refractivity contribution in [2.24, 2.45) is 5.92 Å². The normalized spacial score (nSPS) is 14.5. The number of nitrogens with one attached hydrogen (secondary N) is 1. The summed E-state index contributed by atoms with van der Waals surface area (Å²) < 4.78 is 0. The zero-order valence-corrected chi connectivity index (χ0v) is 14.8. The Hall–Kier alpha value is -3.02. The van der Waals surface area contributed by atoms with Crippen molar-refractivity contribution >= 4 is 17.7 Å². The van der Waals surface area contributed by atoms with Crippen LogP contribution in [-0.2, 0) is 11.2 Å². The van der Waals surface area contributed by atoms with Crippen molar-refractivity contribution in [3.05, 3.63) is 65.5 Å². The number of hydrogen-bond donors (Lipinski definition) is 1. The van der Waals surface area contributed by atoms with Gasteiger partial charge in [-0.3, -0.25) is 24.3 Å². The highest BCUT2D eigenvalue weighted by molar-refractivity contribution is 6.22. The molecule has 0 fully saturated rings. The molecule has 1 aliphatic rings. The van der Waals surface area contributed by atoms with Crippen molar-refractivity contribution < 1.29 is 14.4 Å². The molecule has 0 saturated carbocycles.